The fourth-order valence-corrected chi connectivity index (χ4v) is 4.75. The van der Waals surface area contributed by atoms with Crippen molar-refractivity contribution in [3.63, 3.8) is 0 Å². The van der Waals surface area contributed by atoms with Crippen LogP contribution >= 0.6 is 0 Å². The number of fused-ring (bicyclic) bond motifs is 2. The summed E-state index contributed by atoms with van der Waals surface area (Å²) in [6.07, 6.45) is 3.49. The number of nitrogens with zero attached hydrogens (tertiary/aromatic N) is 2. The predicted octanol–water partition coefficient (Wildman–Crippen LogP) is 3.41. The van der Waals surface area contributed by atoms with Gasteiger partial charge in [-0.3, -0.25) is 4.90 Å². The molecule has 2 aromatic rings. The molecule has 1 unspecified atom stereocenters. The highest BCUT2D eigenvalue weighted by Gasteiger charge is 2.27. The Kier molecular flexibility index (Phi) is 4.31. The number of benzene rings is 2. The van der Waals surface area contributed by atoms with E-state index in [0.717, 1.165) is 38.3 Å². The quantitative estimate of drug-likeness (QED) is 0.792. The summed E-state index contributed by atoms with van der Waals surface area (Å²) in [4.78, 5) is 15.7. The molecule has 2 heterocycles. The summed E-state index contributed by atoms with van der Waals surface area (Å²) in [5, 5.41) is 0. The van der Waals surface area contributed by atoms with Gasteiger partial charge in [0.2, 0.25) is 0 Å². The van der Waals surface area contributed by atoms with Crippen LogP contribution < -0.4 is 9.79 Å². The van der Waals surface area contributed by atoms with Gasteiger partial charge >= 0.3 is 0 Å². The van der Waals surface area contributed by atoms with E-state index in [4.69, 9.17) is 9.78 Å². The molecule has 0 saturated carbocycles. The fourth-order valence-electron chi connectivity index (χ4n) is 4.75. The van der Waals surface area contributed by atoms with Crippen molar-refractivity contribution in [2.45, 2.75) is 25.2 Å². The Hall–Kier alpha value is -2.04. The standard InChI is InChI=1S/C22H26N2O2/c1-2-5-19-17(4-1)8-9-18(19)16-23-11-13-24(14-12-23)21-6-3-7-22-20(21)10-15-25-26-22/h1-7,18H,8-16H2. The van der Waals surface area contributed by atoms with Crippen LogP contribution in [0, 0.1) is 0 Å². The van der Waals surface area contributed by atoms with Gasteiger partial charge in [0.15, 0.2) is 5.75 Å². The molecule has 1 fully saturated rings. The first kappa shape index (κ1) is 16.2. The third-order valence-electron chi connectivity index (χ3n) is 6.14. The van der Waals surface area contributed by atoms with Crippen LogP contribution in [0.1, 0.15) is 29.0 Å². The van der Waals surface area contributed by atoms with Gasteiger partial charge in [0.05, 0.1) is 6.61 Å². The number of hydrogen-bond donors (Lipinski definition) is 0. The third kappa shape index (κ3) is 2.97. The summed E-state index contributed by atoms with van der Waals surface area (Å²) in [5.74, 6) is 1.60. The molecule has 1 atom stereocenters. The van der Waals surface area contributed by atoms with Gasteiger partial charge in [-0.2, -0.15) is 4.89 Å². The lowest BCUT2D eigenvalue weighted by molar-refractivity contribution is -0.215. The Morgan fingerprint density at radius 3 is 2.73 bits per heavy atom. The van der Waals surface area contributed by atoms with Gasteiger partial charge in [-0.05, 0) is 42.0 Å². The smallest absolute Gasteiger partial charge is 0.170 e. The zero-order valence-electron chi connectivity index (χ0n) is 15.2. The van der Waals surface area contributed by atoms with E-state index in [2.05, 4.69) is 46.2 Å². The number of rotatable bonds is 3. The lowest BCUT2D eigenvalue weighted by Gasteiger charge is -2.38. The Balaban J connectivity index is 1.24. The SMILES string of the molecule is c1ccc2c(c1)CCC2CN1CCN(c2cccc3c2CCOO3)CC1. The van der Waals surface area contributed by atoms with E-state index in [1.54, 1.807) is 11.1 Å². The largest absolute Gasteiger partial charge is 0.369 e. The van der Waals surface area contributed by atoms with Crippen molar-refractivity contribution < 1.29 is 9.78 Å². The fraction of sp³-hybridized carbons (Fsp3) is 0.455. The molecule has 0 amide bonds. The summed E-state index contributed by atoms with van der Waals surface area (Å²) in [7, 11) is 0. The molecule has 3 aliphatic rings. The average molecular weight is 350 g/mol. The van der Waals surface area contributed by atoms with Crippen LogP contribution in [-0.2, 0) is 17.7 Å². The van der Waals surface area contributed by atoms with E-state index < -0.39 is 0 Å². The second-order valence-corrected chi connectivity index (χ2v) is 7.63. The zero-order valence-corrected chi connectivity index (χ0v) is 15.2. The highest BCUT2D eigenvalue weighted by molar-refractivity contribution is 5.60. The summed E-state index contributed by atoms with van der Waals surface area (Å²) >= 11 is 0. The number of piperazine rings is 1. The van der Waals surface area contributed by atoms with E-state index >= 15 is 0 Å². The second-order valence-electron chi connectivity index (χ2n) is 7.63. The third-order valence-corrected chi connectivity index (χ3v) is 6.14. The minimum atomic E-state index is 0.644. The first-order valence-electron chi connectivity index (χ1n) is 9.85. The van der Waals surface area contributed by atoms with Crippen LogP contribution in [0.3, 0.4) is 0 Å². The molecule has 0 N–H and O–H groups in total. The number of anilines is 1. The van der Waals surface area contributed by atoms with Gasteiger partial charge in [0, 0.05) is 50.4 Å². The van der Waals surface area contributed by atoms with Crippen molar-refractivity contribution in [2.75, 3.05) is 44.2 Å². The molecule has 0 radical (unpaired) electrons. The molecule has 1 saturated heterocycles. The monoisotopic (exact) mass is 350 g/mol. The minimum Gasteiger partial charge on any atom is -0.369 e. The van der Waals surface area contributed by atoms with Crippen LogP contribution in [0.2, 0.25) is 0 Å². The van der Waals surface area contributed by atoms with E-state index in [0.29, 0.717) is 12.5 Å². The summed E-state index contributed by atoms with van der Waals surface area (Å²) in [6, 6.07) is 15.3. The average Bonchev–Trinajstić information content (AvgIpc) is 3.11. The van der Waals surface area contributed by atoms with Crippen LogP contribution in [0.25, 0.3) is 0 Å². The van der Waals surface area contributed by atoms with Crippen molar-refractivity contribution >= 4 is 5.69 Å². The summed E-state index contributed by atoms with van der Waals surface area (Å²) in [5.41, 5.74) is 5.78. The molecule has 2 aromatic carbocycles. The lowest BCUT2D eigenvalue weighted by atomic mass is 10.0. The molecular weight excluding hydrogens is 324 g/mol. The Morgan fingerprint density at radius 2 is 1.81 bits per heavy atom. The van der Waals surface area contributed by atoms with Gasteiger partial charge in [0.1, 0.15) is 0 Å². The van der Waals surface area contributed by atoms with E-state index in [9.17, 15) is 0 Å². The maximum Gasteiger partial charge on any atom is 0.170 e. The molecular formula is C22H26N2O2. The molecule has 1 aliphatic carbocycles. The van der Waals surface area contributed by atoms with Crippen LogP contribution in [0.15, 0.2) is 42.5 Å². The zero-order chi connectivity index (χ0) is 17.3. The van der Waals surface area contributed by atoms with Crippen LogP contribution in [-0.4, -0.2) is 44.2 Å². The minimum absolute atomic E-state index is 0.644. The van der Waals surface area contributed by atoms with E-state index in [-0.39, 0.29) is 0 Å². The van der Waals surface area contributed by atoms with Gasteiger partial charge < -0.3 is 9.79 Å². The van der Waals surface area contributed by atoms with Gasteiger partial charge in [-0.25, -0.2) is 0 Å². The summed E-state index contributed by atoms with van der Waals surface area (Å²) in [6.45, 7) is 6.30. The van der Waals surface area contributed by atoms with Crippen molar-refractivity contribution in [3.8, 4) is 5.75 Å². The molecule has 0 bridgehead atoms. The number of aryl methyl sites for hydroxylation is 1. The Morgan fingerprint density at radius 1 is 0.923 bits per heavy atom. The van der Waals surface area contributed by atoms with Gasteiger partial charge in [-0.1, -0.05) is 30.3 Å². The van der Waals surface area contributed by atoms with Crippen LogP contribution in [0.4, 0.5) is 5.69 Å². The van der Waals surface area contributed by atoms with Crippen molar-refractivity contribution in [1.29, 1.82) is 0 Å². The molecule has 5 rings (SSSR count). The van der Waals surface area contributed by atoms with E-state index in [1.807, 2.05) is 6.07 Å². The molecule has 0 aromatic heterocycles. The highest BCUT2D eigenvalue weighted by Crippen LogP contribution is 2.35. The molecule has 0 spiro atoms. The van der Waals surface area contributed by atoms with Crippen molar-refractivity contribution in [1.82, 2.24) is 4.90 Å². The van der Waals surface area contributed by atoms with Crippen molar-refractivity contribution in [2.24, 2.45) is 0 Å². The first-order valence-corrected chi connectivity index (χ1v) is 9.85. The van der Waals surface area contributed by atoms with Gasteiger partial charge in [-0.15, -0.1) is 0 Å². The second kappa shape index (κ2) is 6.93. The molecule has 4 heteroatoms. The van der Waals surface area contributed by atoms with Gasteiger partial charge in [0.25, 0.3) is 0 Å². The normalized spacial score (nSPS) is 22.6. The molecule has 4 nitrogen and oxygen atoms in total. The molecule has 136 valence electrons. The predicted molar refractivity (Wildman–Crippen MR) is 103 cm³/mol. The van der Waals surface area contributed by atoms with Crippen molar-refractivity contribution in [3.05, 3.63) is 59.2 Å². The van der Waals surface area contributed by atoms with Crippen LogP contribution in [0.5, 0.6) is 5.75 Å². The maximum atomic E-state index is 5.36. The Bertz CT molecular complexity index is 783. The molecule has 26 heavy (non-hydrogen) atoms. The number of hydrogen-bond acceptors (Lipinski definition) is 4. The maximum absolute atomic E-state index is 5.36. The van der Waals surface area contributed by atoms with E-state index in [1.165, 1.54) is 30.6 Å². The Labute approximate surface area is 155 Å². The first-order chi connectivity index (χ1) is 12.9. The molecule has 2 aliphatic heterocycles. The lowest BCUT2D eigenvalue weighted by Crippen LogP contribution is -2.47. The topological polar surface area (TPSA) is 24.9 Å². The highest BCUT2D eigenvalue weighted by atomic mass is 17.2. The summed E-state index contributed by atoms with van der Waals surface area (Å²) < 4.78 is 0.